The summed E-state index contributed by atoms with van der Waals surface area (Å²) in [6, 6.07) is 12.5. The number of hydrogen-bond acceptors (Lipinski definition) is 3. The molecule has 0 saturated heterocycles. The number of rotatable bonds is 4. The lowest BCUT2D eigenvalue weighted by molar-refractivity contribution is -0.141. The normalized spacial score (nSPS) is 14.7. The van der Waals surface area contributed by atoms with E-state index in [-0.39, 0.29) is 17.5 Å². The van der Waals surface area contributed by atoms with Crippen LogP contribution in [0.1, 0.15) is 31.8 Å². The molecule has 1 N–H and O–H groups in total. The third-order valence-corrected chi connectivity index (χ3v) is 4.10. The molecule has 0 fully saturated rings. The number of imide groups is 1. The van der Waals surface area contributed by atoms with Crippen molar-refractivity contribution in [2.24, 2.45) is 0 Å². The molecule has 0 saturated carbocycles. The van der Waals surface area contributed by atoms with E-state index in [2.05, 4.69) is 0 Å². The van der Waals surface area contributed by atoms with E-state index in [0.717, 1.165) is 16.0 Å². The molecule has 2 aromatic rings. The van der Waals surface area contributed by atoms with Crippen LogP contribution in [0.3, 0.4) is 0 Å². The number of benzene rings is 2. The minimum Gasteiger partial charge on any atom is -0.480 e. The largest absolute Gasteiger partial charge is 0.480 e. The first-order valence-electron chi connectivity index (χ1n) is 7.25. The monoisotopic (exact) mass is 309 g/mol. The molecule has 1 unspecified atom stereocenters. The number of fused-ring (bicyclic) bond motifs is 1. The third kappa shape index (κ3) is 2.50. The van der Waals surface area contributed by atoms with Crippen molar-refractivity contribution in [1.29, 1.82) is 0 Å². The first kappa shape index (κ1) is 15.0. The molecule has 1 heterocycles. The lowest BCUT2D eigenvalue weighted by Gasteiger charge is -2.23. The summed E-state index contributed by atoms with van der Waals surface area (Å²) < 4.78 is 0. The summed E-state index contributed by atoms with van der Waals surface area (Å²) in [7, 11) is 0. The summed E-state index contributed by atoms with van der Waals surface area (Å²) in [5.41, 5.74) is 2.24. The zero-order valence-corrected chi connectivity index (χ0v) is 12.5. The molecule has 0 aliphatic carbocycles. The van der Waals surface area contributed by atoms with Crippen molar-refractivity contribution >= 4 is 17.8 Å². The highest BCUT2D eigenvalue weighted by Crippen LogP contribution is 2.26. The second-order valence-electron chi connectivity index (χ2n) is 5.51. The number of hydrogen-bond donors (Lipinski definition) is 1. The fourth-order valence-corrected chi connectivity index (χ4v) is 2.83. The predicted octanol–water partition coefficient (Wildman–Crippen LogP) is 2.29. The summed E-state index contributed by atoms with van der Waals surface area (Å²) in [5, 5.41) is 9.55. The Balaban J connectivity index is 1.98. The maximum atomic E-state index is 12.5. The molecule has 0 bridgehead atoms. The zero-order chi connectivity index (χ0) is 16.6. The quantitative estimate of drug-likeness (QED) is 0.879. The molecule has 0 spiro atoms. The molecule has 1 aliphatic rings. The van der Waals surface area contributed by atoms with Crippen molar-refractivity contribution in [1.82, 2.24) is 4.90 Å². The van der Waals surface area contributed by atoms with Gasteiger partial charge in [-0.15, -0.1) is 0 Å². The Labute approximate surface area is 133 Å². The van der Waals surface area contributed by atoms with Crippen molar-refractivity contribution in [2.45, 2.75) is 19.4 Å². The molecule has 5 nitrogen and oxygen atoms in total. The Morgan fingerprint density at radius 1 is 1.00 bits per heavy atom. The number of carboxylic acid groups (broad SMARTS) is 1. The highest BCUT2D eigenvalue weighted by Gasteiger charge is 2.42. The van der Waals surface area contributed by atoms with Gasteiger partial charge in [-0.2, -0.15) is 0 Å². The van der Waals surface area contributed by atoms with Gasteiger partial charge in [-0.3, -0.25) is 14.5 Å². The predicted molar refractivity (Wildman–Crippen MR) is 83.2 cm³/mol. The van der Waals surface area contributed by atoms with E-state index >= 15 is 0 Å². The smallest absolute Gasteiger partial charge is 0.327 e. The van der Waals surface area contributed by atoms with E-state index in [1.165, 1.54) is 0 Å². The van der Waals surface area contributed by atoms with Gasteiger partial charge in [0, 0.05) is 6.42 Å². The fourth-order valence-electron chi connectivity index (χ4n) is 2.83. The van der Waals surface area contributed by atoms with Crippen LogP contribution in [0.5, 0.6) is 0 Å². The number of aryl methyl sites for hydroxylation is 1. The summed E-state index contributed by atoms with van der Waals surface area (Å²) in [6.07, 6.45) is 0.0907. The van der Waals surface area contributed by atoms with E-state index < -0.39 is 23.8 Å². The standard InChI is InChI=1S/C18H15NO4/c1-11-6-2-3-7-12(11)10-15(18(22)23)19-16(20)13-8-4-5-9-14(13)17(19)21/h2-9,15H,10H2,1H3,(H,22,23). The average molecular weight is 309 g/mol. The van der Waals surface area contributed by atoms with E-state index in [9.17, 15) is 19.5 Å². The van der Waals surface area contributed by atoms with Crippen LogP contribution in [-0.4, -0.2) is 33.8 Å². The second-order valence-corrected chi connectivity index (χ2v) is 5.51. The molecular weight excluding hydrogens is 294 g/mol. The van der Waals surface area contributed by atoms with Gasteiger partial charge >= 0.3 is 5.97 Å². The van der Waals surface area contributed by atoms with Crippen LogP contribution in [0.4, 0.5) is 0 Å². The summed E-state index contributed by atoms with van der Waals surface area (Å²) >= 11 is 0. The van der Waals surface area contributed by atoms with Crippen molar-refractivity contribution in [2.75, 3.05) is 0 Å². The minimum absolute atomic E-state index is 0.0907. The van der Waals surface area contributed by atoms with Gasteiger partial charge in [-0.1, -0.05) is 36.4 Å². The number of nitrogens with zero attached hydrogens (tertiary/aromatic N) is 1. The average Bonchev–Trinajstić information content (AvgIpc) is 2.79. The first-order chi connectivity index (χ1) is 11.0. The first-order valence-corrected chi connectivity index (χ1v) is 7.25. The van der Waals surface area contributed by atoms with Crippen LogP contribution in [0.25, 0.3) is 0 Å². The molecule has 1 atom stereocenters. The number of amides is 2. The highest BCUT2D eigenvalue weighted by atomic mass is 16.4. The Morgan fingerprint density at radius 3 is 2.04 bits per heavy atom. The lowest BCUT2D eigenvalue weighted by atomic mass is 10.0. The van der Waals surface area contributed by atoms with Crippen molar-refractivity contribution < 1.29 is 19.5 Å². The Hall–Kier alpha value is -2.95. The van der Waals surface area contributed by atoms with Gasteiger partial charge in [-0.05, 0) is 30.2 Å². The molecule has 2 amide bonds. The molecule has 2 aromatic carbocycles. The summed E-state index contributed by atoms with van der Waals surface area (Å²) in [4.78, 5) is 37.5. The maximum Gasteiger partial charge on any atom is 0.327 e. The summed E-state index contributed by atoms with van der Waals surface area (Å²) in [5.74, 6) is -2.29. The van der Waals surface area contributed by atoms with E-state index in [1.54, 1.807) is 24.3 Å². The van der Waals surface area contributed by atoms with E-state index in [4.69, 9.17) is 0 Å². The molecule has 116 valence electrons. The Morgan fingerprint density at radius 2 is 1.52 bits per heavy atom. The van der Waals surface area contributed by atoms with E-state index in [1.807, 2.05) is 31.2 Å². The molecule has 0 radical (unpaired) electrons. The van der Waals surface area contributed by atoms with Crippen LogP contribution < -0.4 is 0 Å². The van der Waals surface area contributed by atoms with Gasteiger partial charge in [0.05, 0.1) is 11.1 Å². The lowest BCUT2D eigenvalue weighted by Crippen LogP contribution is -2.46. The van der Waals surface area contributed by atoms with Gasteiger partial charge in [0.15, 0.2) is 0 Å². The molecule has 23 heavy (non-hydrogen) atoms. The van der Waals surface area contributed by atoms with Crippen LogP contribution in [0, 0.1) is 6.92 Å². The van der Waals surface area contributed by atoms with Crippen LogP contribution in [-0.2, 0) is 11.2 Å². The minimum atomic E-state index is -1.22. The van der Waals surface area contributed by atoms with Crippen molar-refractivity contribution in [3.05, 3.63) is 70.8 Å². The van der Waals surface area contributed by atoms with Gasteiger partial charge in [-0.25, -0.2) is 4.79 Å². The van der Waals surface area contributed by atoms with Crippen molar-refractivity contribution in [3.63, 3.8) is 0 Å². The number of carbonyl (C=O) groups excluding carboxylic acids is 2. The van der Waals surface area contributed by atoms with Crippen LogP contribution in [0.15, 0.2) is 48.5 Å². The van der Waals surface area contributed by atoms with E-state index in [0.29, 0.717) is 0 Å². The van der Waals surface area contributed by atoms with Gasteiger partial charge in [0.2, 0.25) is 0 Å². The number of carbonyl (C=O) groups is 3. The van der Waals surface area contributed by atoms with Gasteiger partial charge in [0.25, 0.3) is 11.8 Å². The number of aliphatic carboxylic acids is 1. The zero-order valence-electron chi connectivity index (χ0n) is 12.5. The maximum absolute atomic E-state index is 12.5. The summed E-state index contributed by atoms with van der Waals surface area (Å²) in [6.45, 7) is 1.87. The van der Waals surface area contributed by atoms with Crippen molar-refractivity contribution in [3.8, 4) is 0 Å². The Bertz CT molecular complexity index is 777. The van der Waals surface area contributed by atoms with Crippen LogP contribution >= 0.6 is 0 Å². The molecule has 3 rings (SSSR count). The molecular formula is C18H15NO4. The molecule has 0 aromatic heterocycles. The SMILES string of the molecule is Cc1ccccc1CC(C(=O)O)N1C(=O)c2ccccc2C1=O. The van der Waals surface area contributed by atoms with Gasteiger partial charge < -0.3 is 5.11 Å². The van der Waals surface area contributed by atoms with Gasteiger partial charge in [0.1, 0.15) is 6.04 Å². The van der Waals surface area contributed by atoms with Crippen LogP contribution in [0.2, 0.25) is 0 Å². The third-order valence-electron chi connectivity index (χ3n) is 4.10. The Kier molecular flexibility index (Phi) is 3.70. The topological polar surface area (TPSA) is 74.7 Å². The molecule has 5 heteroatoms. The fraction of sp³-hybridized carbons (Fsp3) is 0.167. The second kappa shape index (κ2) is 5.68. The molecule has 1 aliphatic heterocycles. The highest BCUT2D eigenvalue weighted by molar-refractivity contribution is 6.22. The number of carboxylic acids is 1.